The smallest absolute Gasteiger partial charge is 0.310 e. The van der Waals surface area contributed by atoms with E-state index in [2.05, 4.69) is 5.32 Å². The van der Waals surface area contributed by atoms with Crippen molar-refractivity contribution in [1.82, 2.24) is 5.32 Å². The minimum absolute atomic E-state index is 0.0567. The summed E-state index contributed by atoms with van der Waals surface area (Å²) in [6.07, 6.45) is 2.26. The fraction of sp³-hybridized carbons (Fsp3) is 0.588. The summed E-state index contributed by atoms with van der Waals surface area (Å²) in [5.41, 5.74) is -0.277. The van der Waals surface area contributed by atoms with Crippen LogP contribution in [0.4, 0.5) is 8.78 Å². The molecule has 124 valence electrons. The van der Waals surface area contributed by atoms with Crippen LogP contribution in [0.1, 0.15) is 45.6 Å². The van der Waals surface area contributed by atoms with Crippen LogP contribution < -0.4 is 5.32 Å². The summed E-state index contributed by atoms with van der Waals surface area (Å²) in [5.74, 6) is -1.90. The second kappa shape index (κ2) is 8.22. The lowest BCUT2D eigenvalue weighted by atomic mass is 9.82. The van der Waals surface area contributed by atoms with Crippen LogP contribution in [0.5, 0.6) is 0 Å². The first-order valence-electron chi connectivity index (χ1n) is 7.75. The van der Waals surface area contributed by atoms with Gasteiger partial charge in [0.2, 0.25) is 0 Å². The Bertz CT molecular complexity index is 501. The average Bonchev–Trinajstić information content (AvgIpc) is 2.47. The van der Waals surface area contributed by atoms with Crippen LogP contribution >= 0.6 is 0 Å². The number of halogens is 2. The number of carbonyl (C=O) groups is 1. The Hall–Kier alpha value is -1.49. The predicted molar refractivity (Wildman–Crippen MR) is 82.8 cm³/mol. The molecule has 0 heterocycles. The molecule has 5 heteroatoms. The molecule has 1 atom stereocenters. The molecule has 1 unspecified atom stereocenters. The normalized spacial score (nSPS) is 13.1. The SMILES string of the molecule is CCC(CC)(CNC(C)CCc1ccc(F)cc1F)C(=O)O. The number of rotatable bonds is 9. The van der Waals surface area contributed by atoms with Crippen LogP contribution in [-0.2, 0) is 11.2 Å². The molecule has 0 radical (unpaired) electrons. The topological polar surface area (TPSA) is 49.3 Å². The third-order valence-electron chi connectivity index (χ3n) is 4.46. The van der Waals surface area contributed by atoms with Gasteiger partial charge in [-0.3, -0.25) is 4.79 Å². The third kappa shape index (κ3) is 4.77. The van der Waals surface area contributed by atoms with Gasteiger partial charge in [-0.1, -0.05) is 19.9 Å². The first-order chi connectivity index (χ1) is 10.3. The molecular weight excluding hydrogens is 288 g/mol. The molecule has 0 aliphatic carbocycles. The van der Waals surface area contributed by atoms with Crippen LogP contribution in [0, 0.1) is 17.0 Å². The van der Waals surface area contributed by atoms with Gasteiger partial charge in [0, 0.05) is 18.7 Å². The molecule has 2 N–H and O–H groups in total. The lowest BCUT2D eigenvalue weighted by Crippen LogP contribution is -2.43. The van der Waals surface area contributed by atoms with Crippen LogP contribution in [0.3, 0.4) is 0 Å². The van der Waals surface area contributed by atoms with Crippen molar-refractivity contribution in [2.45, 2.75) is 52.5 Å². The quantitative estimate of drug-likeness (QED) is 0.729. The summed E-state index contributed by atoms with van der Waals surface area (Å²) in [4.78, 5) is 11.4. The summed E-state index contributed by atoms with van der Waals surface area (Å²) >= 11 is 0. The molecule has 0 aliphatic rings. The second-order valence-electron chi connectivity index (χ2n) is 5.85. The molecular formula is C17H25F2NO2. The number of aryl methyl sites for hydroxylation is 1. The van der Waals surface area contributed by atoms with Crippen molar-refractivity contribution < 1.29 is 18.7 Å². The maximum atomic E-state index is 13.6. The summed E-state index contributed by atoms with van der Waals surface area (Å²) in [5, 5.41) is 12.6. The number of carboxylic acids is 1. The molecule has 1 aromatic rings. The Morgan fingerprint density at radius 1 is 1.32 bits per heavy atom. The van der Waals surface area contributed by atoms with E-state index in [1.807, 2.05) is 20.8 Å². The number of nitrogens with one attached hydrogen (secondary N) is 1. The van der Waals surface area contributed by atoms with E-state index >= 15 is 0 Å². The zero-order valence-corrected chi connectivity index (χ0v) is 13.5. The van der Waals surface area contributed by atoms with E-state index in [1.165, 1.54) is 12.1 Å². The zero-order chi connectivity index (χ0) is 16.8. The highest BCUT2D eigenvalue weighted by atomic mass is 19.1. The van der Waals surface area contributed by atoms with Crippen molar-refractivity contribution >= 4 is 5.97 Å². The lowest BCUT2D eigenvalue weighted by molar-refractivity contribution is -0.149. The largest absolute Gasteiger partial charge is 0.481 e. The Kier molecular flexibility index (Phi) is 6.94. The van der Waals surface area contributed by atoms with Gasteiger partial charge in [0.1, 0.15) is 11.6 Å². The van der Waals surface area contributed by atoms with Crippen molar-refractivity contribution in [3.63, 3.8) is 0 Å². The molecule has 0 bridgehead atoms. The molecule has 0 spiro atoms. The molecule has 0 saturated carbocycles. The molecule has 22 heavy (non-hydrogen) atoms. The summed E-state index contributed by atoms with van der Waals surface area (Å²) in [6.45, 7) is 6.08. The standard InChI is InChI=1S/C17H25F2NO2/c1-4-17(5-2,16(21)22)11-20-12(3)6-7-13-8-9-14(18)10-15(13)19/h8-10,12,20H,4-7,11H2,1-3H3,(H,21,22). The molecule has 0 amide bonds. The van der Waals surface area contributed by atoms with Gasteiger partial charge in [0.25, 0.3) is 0 Å². The van der Waals surface area contributed by atoms with Gasteiger partial charge in [-0.05, 0) is 44.2 Å². The van der Waals surface area contributed by atoms with Gasteiger partial charge in [-0.2, -0.15) is 0 Å². The van der Waals surface area contributed by atoms with E-state index < -0.39 is 23.0 Å². The van der Waals surface area contributed by atoms with Crippen molar-refractivity contribution in [2.75, 3.05) is 6.54 Å². The first-order valence-corrected chi connectivity index (χ1v) is 7.75. The van der Waals surface area contributed by atoms with Crippen molar-refractivity contribution in [2.24, 2.45) is 5.41 Å². The van der Waals surface area contributed by atoms with Crippen LogP contribution in [-0.4, -0.2) is 23.7 Å². The van der Waals surface area contributed by atoms with E-state index in [9.17, 15) is 18.7 Å². The minimum Gasteiger partial charge on any atom is -0.481 e. The molecule has 0 aliphatic heterocycles. The van der Waals surface area contributed by atoms with Crippen molar-refractivity contribution in [3.05, 3.63) is 35.4 Å². The van der Waals surface area contributed by atoms with E-state index in [-0.39, 0.29) is 6.04 Å². The van der Waals surface area contributed by atoms with E-state index in [0.717, 1.165) is 6.07 Å². The Morgan fingerprint density at radius 2 is 1.95 bits per heavy atom. The molecule has 0 fully saturated rings. The maximum absolute atomic E-state index is 13.6. The fourth-order valence-electron chi connectivity index (χ4n) is 2.45. The fourth-order valence-corrected chi connectivity index (χ4v) is 2.45. The van der Waals surface area contributed by atoms with Crippen LogP contribution in [0.25, 0.3) is 0 Å². The molecule has 1 aromatic carbocycles. The molecule has 1 rings (SSSR count). The summed E-state index contributed by atoms with van der Waals surface area (Å²) in [6, 6.07) is 3.65. The molecule has 3 nitrogen and oxygen atoms in total. The zero-order valence-electron chi connectivity index (χ0n) is 13.5. The average molecular weight is 313 g/mol. The lowest BCUT2D eigenvalue weighted by Gasteiger charge is -2.29. The van der Waals surface area contributed by atoms with E-state index in [1.54, 1.807) is 0 Å². The van der Waals surface area contributed by atoms with Gasteiger partial charge >= 0.3 is 5.97 Å². The van der Waals surface area contributed by atoms with Gasteiger partial charge in [-0.25, -0.2) is 8.78 Å². The molecule has 0 saturated heterocycles. The Balaban J connectivity index is 2.52. The summed E-state index contributed by atoms with van der Waals surface area (Å²) < 4.78 is 26.4. The first kappa shape index (κ1) is 18.6. The number of aliphatic carboxylic acids is 1. The maximum Gasteiger partial charge on any atom is 0.310 e. The highest BCUT2D eigenvalue weighted by Gasteiger charge is 2.34. The monoisotopic (exact) mass is 313 g/mol. The highest BCUT2D eigenvalue weighted by Crippen LogP contribution is 2.26. The number of hydrogen-bond donors (Lipinski definition) is 2. The van der Waals surface area contributed by atoms with E-state index in [4.69, 9.17) is 0 Å². The van der Waals surface area contributed by atoms with Crippen molar-refractivity contribution in [3.8, 4) is 0 Å². The number of carboxylic acid groups (broad SMARTS) is 1. The van der Waals surface area contributed by atoms with Crippen LogP contribution in [0.15, 0.2) is 18.2 Å². The molecule has 0 aromatic heterocycles. The number of benzene rings is 1. The van der Waals surface area contributed by atoms with Crippen molar-refractivity contribution in [1.29, 1.82) is 0 Å². The Labute approximate surface area is 130 Å². The highest BCUT2D eigenvalue weighted by molar-refractivity contribution is 5.74. The van der Waals surface area contributed by atoms with Crippen LogP contribution in [0.2, 0.25) is 0 Å². The van der Waals surface area contributed by atoms with Gasteiger partial charge in [0.05, 0.1) is 5.41 Å². The predicted octanol–water partition coefficient (Wildman–Crippen LogP) is 3.77. The minimum atomic E-state index is -0.790. The van der Waals surface area contributed by atoms with Gasteiger partial charge in [-0.15, -0.1) is 0 Å². The number of hydrogen-bond acceptors (Lipinski definition) is 2. The second-order valence-corrected chi connectivity index (χ2v) is 5.85. The Morgan fingerprint density at radius 3 is 2.45 bits per heavy atom. The van der Waals surface area contributed by atoms with E-state index in [0.29, 0.717) is 37.8 Å². The van der Waals surface area contributed by atoms with Gasteiger partial charge < -0.3 is 10.4 Å². The summed E-state index contributed by atoms with van der Waals surface area (Å²) in [7, 11) is 0. The third-order valence-corrected chi connectivity index (χ3v) is 4.46. The van der Waals surface area contributed by atoms with Gasteiger partial charge in [0.15, 0.2) is 0 Å².